The van der Waals surface area contributed by atoms with E-state index in [0.717, 1.165) is 0 Å². The van der Waals surface area contributed by atoms with Crippen LogP contribution in [0, 0.1) is 0 Å². The Bertz CT molecular complexity index is 408. The summed E-state index contributed by atoms with van der Waals surface area (Å²) in [5, 5.41) is 0. The van der Waals surface area contributed by atoms with Crippen molar-refractivity contribution in [2.75, 3.05) is 65.1 Å². The Labute approximate surface area is 172 Å². The zero-order valence-corrected chi connectivity index (χ0v) is 20.2. The Morgan fingerprint density at radius 1 is 1.00 bits per heavy atom. The number of hydrogen-bond donors (Lipinski definition) is 0. The summed E-state index contributed by atoms with van der Waals surface area (Å²) in [6.45, 7) is 17.8. The van der Waals surface area contributed by atoms with Gasteiger partial charge in [0.05, 0.1) is 31.7 Å². The first kappa shape index (κ1) is 25.9. The molecule has 8 nitrogen and oxygen atoms in total. The Balaban J connectivity index is 3.01. The quantitative estimate of drug-likeness (QED) is 0.206. The number of rotatable bonds is 16. The molecule has 1 unspecified atom stereocenters. The molecule has 0 radical (unpaired) electrons. The van der Waals surface area contributed by atoms with E-state index in [4.69, 9.17) is 31.3 Å². The molecule has 0 aromatic carbocycles. The van der Waals surface area contributed by atoms with E-state index >= 15 is 0 Å². The number of ether oxygens (including phenoxy) is 1. The number of nitrogens with zero attached hydrogens (tertiary/aromatic N) is 1. The molecule has 0 aromatic heterocycles. The van der Waals surface area contributed by atoms with Crippen LogP contribution in [-0.2, 0) is 31.3 Å². The summed E-state index contributed by atoms with van der Waals surface area (Å²) >= 11 is 0. The van der Waals surface area contributed by atoms with Gasteiger partial charge in [0, 0.05) is 39.6 Å². The van der Waals surface area contributed by atoms with E-state index < -0.39 is 17.6 Å². The fourth-order valence-corrected chi connectivity index (χ4v) is 8.93. The average molecular weight is 438 g/mol. The van der Waals surface area contributed by atoms with Crippen molar-refractivity contribution in [2.24, 2.45) is 0 Å². The molecule has 0 N–H and O–H groups in total. The summed E-state index contributed by atoms with van der Waals surface area (Å²) in [4.78, 5) is 2.25. The van der Waals surface area contributed by atoms with Crippen LogP contribution >= 0.6 is 0 Å². The summed E-state index contributed by atoms with van der Waals surface area (Å²) < 4.78 is 42.2. The van der Waals surface area contributed by atoms with Crippen LogP contribution in [0.25, 0.3) is 0 Å². The lowest BCUT2D eigenvalue weighted by atomic mass is 10.3. The summed E-state index contributed by atoms with van der Waals surface area (Å²) in [5.74, 6) is 0. The summed E-state index contributed by atoms with van der Waals surface area (Å²) in [7, 11) is -5.70. The Hall–Kier alpha value is -0.146. The molecule has 1 saturated heterocycles. The lowest BCUT2D eigenvalue weighted by Crippen LogP contribution is -2.67. The van der Waals surface area contributed by atoms with Gasteiger partial charge >= 0.3 is 17.6 Å². The molecule has 0 aromatic rings. The van der Waals surface area contributed by atoms with Crippen molar-refractivity contribution in [1.82, 2.24) is 4.90 Å². The summed E-state index contributed by atoms with van der Waals surface area (Å²) in [5.41, 5.74) is 0. The normalized spacial score (nSPS) is 20.4. The minimum absolute atomic E-state index is 0.157. The molecule has 0 bridgehead atoms. The maximum atomic E-state index is 6.31. The van der Waals surface area contributed by atoms with Crippen LogP contribution in [0.4, 0.5) is 0 Å². The van der Waals surface area contributed by atoms with Crippen molar-refractivity contribution < 1.29 is 31.3 Å². The molecule has 10 heteroatoms. The topological polar surface area (TPSA) is 67.9 Å². The molecule has 28 heavy (non-hydrogen) atoms. The van der Waals surface area contributed by atoms with E-state index in [-0.39, 0.29) is 6.10 Å². The van der Waals surface area contributed by atoms with Gasteiger partial charge in [-0.3, -0.25) is 4.90 Å². The minimum atomic E-state index is -2.86. The third-order valence-corrected chi connectivity index (χ3v) is 10.0. The molecule has 1 heterocycles. The molecule has 1 aliphatic rings. The maximum absolute atomic E-state index is 6.31. The van der Waals surface area contributed by atoms with Gasteiger partial charge in [0.1, 0.15) is 0 Å². The van der Waals surface area contributed by atoms with Gasteiger partial charge in [-0.05, 0) is 34.6 Å². The standard InChI is InChI=1S/C18H39NO7Si2/c1-7-13-20-15-18-14-19(17-28(26-18,24-11-5)25-12-6)16-27(21-8-2,22-9-3)23-10-4/h7,18H,1,8-17H2,2-6H3. The van der Waals surface area contributed by atoms with Crippen molar-refractivity contribution in [3.05, 3.63) is 12.7 Å². The first-order valence-electron chi connectivity index (χ1n) is 10.3. The Morgan fingerprint density at radius 2 is 1.57 bits per heavy atom. The van der Waals surface area contributed by atoms with Crippen molar-refractivity contribution >= 4 is 17.6 Å². The highest BCUT2D eigenvalue weighted by molar-refractivity contribution is 6.62. The van der Waals surface area contributed by atoms with Crippen molar-refractivity contribution in [1.29, 1.82) is 0 Å². The van der Waals surface area contributed by atoms with Gasteiger partial charge in [0.15, 0.2) is 0 Å². The SMILES string of the molecule is C=CCOCC1CN(C[Si](OCC)(OCC)OCC)C[Si](OCC)(OCC)O1. The van der Waals surface area contributed by atoms with E-state index in [0.29, 0.717) is 65.1 Å². The van der Waals surface area contributed by atoms with Gasteiger partial charge in [-0.15, -0.1) is 6.58 Å². The van der Waals surface area contributed by atoms with Gasteiger partial charge in [-0.25, -0.2) is 0 Å². The molecule has 1 rings (SSSR count). The summed E-state index contributed by atoms with van der Waals surface area (Å²) in [6.07, 6.45) is 2.72. The van der Waals surface area contributed by atoms with Crippen LogP contribution in [-0.4, -0.2) is 93.7 Å². The fraction of sp³-hybridized carbons (Fsp3) is 0.889. The molecule has 166 valence electrons. The third kappa shape index (κ3) is 8.30. The molecular weight excluding hydrogens is 398 g/mol. The predicted octanol–water partition coefficient (Wildman–Crippen LogP) is 2.03. The van der Waals surface area contributed by atoms with E-state index in [9.17, 15) is 0 Å². The maximum Gasteiger partial charge on any atom is 0.516 e. The van der Waals surface area contributed by atoms with E-state index in [1.165, 1.54) is 0 Å². The molecule has 0 spiro atoms. The zero-order valence-electron chi connectivity index (χ0n) is 18.2. The van der Waals surface area contributed by atoms with Crippen LogP contribution in [0.3, 0.4) is 0 Å². The van der Waals surface area contributed by atoms with Gasteiger partial charge in [0.25, 0.3) is 0 Å². The highest BCUT2D eigenvalue weighted by atomic mass is 28.4. The molecule has 1 aliphatic heterocycles. The van der Waals surface area contributed by atoms with E-state index in [2.05, 4.69) is 11.5 Å². The molecule has 1 atom stereocenters. The lowest BCUT2D eigenvalue weighted by molar-refractivity contribution is -0.0506. The van der Waals surface area contributed by atoms with Crippen LogP contribution in [0.5, 0.6) is 0 Å². The van der Waals surface area contributed by atoms with Crippen LogP contribution in [0.15, 0.2) is 12.7 Å². The lowest BCUT2D eigenvalue weighted by Gasteiger charge is -2.44. The number of hydrogen-bond acceptors (Lipinski definition) is 8. The van der Waals surface area contributed by atoms with Crippen LogP contribution < -0.4 is 0 Å². The van der Waals surface area contributed by atoms with Gasteiger partial charge < -0.3 is 31.3 Å². The highest BCUT2D eigenvalue weighted by Crippen LogP contribution is 2.23. The first-order valence-corrected chi connectivity index (χ1v) is 14.2. The Morgan fingerprint density at radius 3 is 2.04 bits per heavy atom. The van der Waals surface area contributed by atoms with E-state index in [1.54, 1.807) is 6.08 Å². The third-order valence-electron chi connectivity index (χ3n) is 4.00. The molecule has 1 fully saturated rings. The average Bonchev–Trinajstić information content (AvgIpc) is 2.63. The first-order chi connectivity index (χ1) is 13.5. The van der Waals surface area contributed by atoms with Gasteiger partial charge in [0.2, 0.25) is 0 Å². The smallest absolute Gasteiger partial charge is 0.375 e. The zero-order chi connectivity index (χ0) is 20.9. The van der Waals surface area contributed by atoms with Crippen molar-refractivity contribution in [3.8, 4) is 0 Å². The largest absolute Gasteiger partial charge is 0.516 e. The molecule has 0 saturated carbocycles. The van der Waals surface area contributed by atoms with Crippen LogP contribution in [0.1, 0.15) is 34.6 Å². The molecule has 0 amide bonds. The van der Waals surface area contributed by atoms with E-state index in [1.807, 2.05) is 34.6 Å². The molecular formula is C18H39NO7Si2. The Kier molecular flexibility index (Phi) is 12.9. The van der Waals surface area contributed by atoms with Crippen LogP contribution in [0.2, 0.25) is 0 Å². The minimum Gasteiger partial charge on any atom is -0.375 e. The van der Waals surface area contributed by atoms with Gasteiger partial charge in [-0.2, -0.15) is 0 Å². The van der Waals surface area contributed by atoms with Crippen molar-refractivity contribution in [2.45, 2.75) is 40.7 Å². The monoisotopic (exact) mass is 437 g/mol. The fourth-order valence-electron chi connectivity index (χ4n) is 3.28. The molecule has 0 aliphatic carbocycles. The second-order valence-corrected chi connectivity index (χ2v) is 11.3. The second kappa shape index (κ2) is 14.0. The predicted molar refractivity (Wildman–Crippen MR) is 112 cm³/mol. The summed E-state index contributed by atoms with van der Waals surface area (Å²) in [6, 6.07) is 0. The van der Waals surface area contributed by atoms with Crippen molar-refractivity contribution in [3.63, 3.8) is 0 Å². The highest BCUT2D eigenvalue weighted by Gasteiger charge is 2.52. The van der Waals surface area contributed by atoms with Gasteiger partial charge in [-0.1, -0.05) is 6.08 Å². The second-order valence-electron chi connectivity index (χ2n) is 6.27.